The number of nitrogens with zero attached hydrogens (tertiary/aromatic N) is 2. The predicted molar refractivity (Wildman–Crippen MR) is 153 cm³/mol. The quantitative estimate of drug-likeness (QED) is 0.174. The van der Waals surface area contributed by atoms with E-state index in [1.807, 2.05) is 29.2 Å². The van der Waals surface area contributed by atoms with Gasteiger partial charge in [-0.05, 0) is 85.1 Å². The van der Waals surface area contributed by atoms with Crippen molar-refractivity contribution in [2.75, 3.05) is 19.7 Å². The number of alkyl halides is 2. The molecule has 0 spiro atoms. The topological polar surface area (TPSA) is 67.4 Å². The summed E-state index contributed by atoms with van der Waals surface area (Å²) in [6.07, 6.45) is 4.21. The van der Waals surface area contributed by atoms with Gasteiger partial charge in [0.25, 0.3) is 0 Å². The van der Waals surface area contributed by atoms with Gasteiger partial charge in [-0.2, -0.15) is 5.10 Å². The van der Waals surface area contributed by atoms with Gasteiger partial charge in [-0.3, -0.25) is 10.00 Å². The summed E-state index contributed by atoms with van der Waals surface area (Å²) >= 11 is 13.1. The molecule has 1 saturated heterocycles. The van der Waals surface area contributed by atoms with Crippen LogP contribution in [0.1, 0.15) is 62.8 Å². The molecule has 2 aromatic carbocycles. The molecule has 5 rings (SSSR count). The van der Waals surface area contributed by atoms with Crippen molar-refractivity contribution >= 4 is 46.2 Å². The van der Waals surface area contributed by atoms with Crippen LogP contribution in [-0.4, -0.2) is 51.9 Å². The van der Waals surface area contributed by atoms with E-state index in [9.17, 15) is 4.79 Å². The number of carbonyl (C=O) groups excluding carboxylic acids is 1. The highest BCUT2D eigenvalue weighted by atomic mass is 35.5. The first-order chi connectivity index (χ1) is 18.7. The van der Waals surface area contributed by atoms with E-state index in [1.54, 1.807) is 6.92 Å². The maximum absolute atomic E-state index is 15.4. The molecule has 0 radical (unpaired) electrons. The Bertz CT molecular complexity index is 1390. The number of benzene rings is 2. The second-order valence-corrected chi connectivity index (χ2v) is 11.5. The minimum absolute atomic E-state index is 0.0522. The normalized spacial score (nSPS) is 21.4. The molecule has 3 unspecified atom stereocenters. The summed E-state index contributed by atoms with van der Waals surface area (Å²) in [5.74, 6) is 0.244. The molecule has 9 heteroatoms. The van der Waals surface area contributed by atoms with E-state index in [1.165, 1.54) is 5.56 Å². The first-order valence-corrected chi connectivity index (χ1v) is 14.4. The number of ether oxygens (including phenoxy) is 2. The van der Waals surface area contributed by atoms with Crippen LogP contribution in [0.2, 0.25) is 5.15 Å². The number of fused-ring (bicyclic) bond motifs is 2. The molecule has 6 nitrogen and oxygen atoms in total. The third-order valence-electron chi connectivity index (χ3n) is 7.62. The fraction of sp³-hybridized carbons (Fsp3) is 0.467. The lowest BCUT2D eigenvalue weighted by atomic mass is 9.90. The second-order valence-electron chi connectivity index (χ2n) is 10.8. The molecule has 0 amide bonds. The van der Waals surface area contributed by atoms with Crippen molar-refractivity contribution in [3.8, 4) is 5.75 Å². The number of esters is 1. The molecular formula is C30H34Cl2FN3O3. The van der Waals surface area contributed by atoms with Gasteiger partial charge in [-0.1, -0.05) is 43.7 Å². The zero-order valence-corrected chi connectivity index (χ0v) is 24.0. The lowest BCUT2D eigenvalue weighted by Gasteiger charge is -2.39. The number of aromatic nitrogens is 2. The highest BCUT2D eigenvalue weighted by molar-refractivity contribution is 6.34. The van der Waals surface area contributed by atoms with E-state index in [0.717, 1.165) is 46.2 Å². The van der Waals surface area contributed by atoms with Crippen molar-refractivity contribution < 1.29 is 18.7 Å². The molecule has 1 fully saturated rings. The van der Waals surface area contributed by atoms with Crippen molar-refractivity contribution in [1.82, 2.24) is 15.1 Å². The molecule has 0 bridgehead atoms. The third-order valence-corrected chi connectivity index (χ3v) is 8.46. The number of aromatic amines is 1. The van der Waals surface area contributed by atoms with Crippen LogP contribution in [0.25, 0.3) is 17.0 Å². The lowest BCUT2D eigenvalue weighted by molar-refractivity contribution is -0.161. The monoisotopic (exact) mass is 573 g/mol. The van der Waals surface area contributed by atoms with E-state index < -0.39 is 17.1 Å². The average Bonchev–Trinajstić information content (AvgIpc) is 3.30. The second kappa shape index (κ2) is 11.5. The molecule has 0 saturated carbocycles. The van der Waals surface area contributed by atoms with E-state index >= 15 is 4.39 Å². The number of piperidine rings is 1. The first-order valence-electron chi connectivity index (χ1n) is 13.6. The Morgan fingerprint density at radius 1 is 1.23 bits per heavy atom. The van der Waals surface area contributed by atoms with Crippen LogP contribution in [0.4, 0.5) is 4.39 Å². The van der Waals surface area contributed by atoms with Crippen LogP contribution in [-0.2, 0) is 16.0 Å². The van der Waals surface area contributed by atoms with Crippen molar-refractivity contribution in [3.05, 3.63) is 63.8 Å². The molecule has 1 aromatic heterocycles. The Hall–Kier alpha value is -2.61. The Kier molecular flexibility index (Phi) is 8.22. The molecule has 3 atom stereocenters. The van der Waals surface area contributed by atoms with Crippen LogP contribution < -0.4 is 4.74 Å². The third kappa shape index (κ3) is 5.81. The van der Waals surface area contributed by atoms with Gasteiger partial charge in [-0.15, -0.1) is 11.6 Å². The zero-order valence-electron chi connectivity index (χ0n) is 22.5. The summed E-state index contributed by atoms with van der Waals surface area (Å²) in [6.45, 7) is 6.70. The minimum atomic E-state index is -2.01. The first kappa shape index (κ1) is 27.9. The number of likely N-dealkylation sites (tertiary alicyclic amines) is 1. The summed E-state index contributed by atoms with van der Waals surface area (Å²) < 4.78 is 26.9. The lowest BCUT2D eigenvalue weighted by Crippen LogP contribution is -2.53. The molecule has 208 valence electrons. The summed E-state index contributed by atoms with van der Waals surface area (Å²) in [4.78, 5) is 14.1. The number of H-pyrrole nitrogens is 1. The average molecular weight is 575 g/mol. The molecule has 1 aliphatic carbocycles. The molecule has 1 N–H and O–H groups in total. The maximum Gasteiger partial charge on any atom is 0.345 e. The van der Waals surface area contributed by atoms with Crippen LogP contribution in [0.15, 0.2) is 42.0 Å². The number of halogens is 3. The Morgan fingerprint density at radius 3 is 2.82 bits per heavy atom. The minimum Gasteiger partial charge on any atom is -0.485 e. The van der Waals surface area contributed by atoms with Crippen LogP contribution in [0, 0.1) is 5.92 Å². The van der Waals surface area contributed by atoms with Gasteiger partial charge < -0.3 is 9.47 Å². The largest absolute Gasteiger partial charge is 0.485 e. The van der Waals surface area contributed by atoms with Crippen LogP contribution in [0.3, 0.4) is 0 Å². The molecule has 3 aromatic rings. The highest BCUT2D eigenvalue weighted by Crippen LogP contribution is 2.37. The van der Waals surface area contributed by atoms with Gasteiger partial charge in [0, 0.05) is 18.5 Å². The summed E-state index contributed by atoms with van der Waals surface area (Å²) in [7, 11) is 0. The van der Waals surface area contributed by atoms with Gasteiger partial charge >= 0.3 is 5.97 Å². The maximum atomic E-state index is 15.4. The zero-order chi connectivity index (χ0) is 27.7. The molecule has 2 heterocycles. The van der Waals surface area contributed by atoms with Crippen molar-refractivity contribution in [3.63, 3.8) is 0 Å². The van der Waals surface area contributed by atoms with Crippen molar-refractivity contribution in [2.24, 2.45) is 5.92 Å². The Labute approximate surface area is 238 Å². The molecule has 2 aliphatic rings. The van der Waals surface area contributed by atoms with Gasteiger partial charge in [0.1, 0.15) is 17.4 Å². The Morgan fingerprint density at radius 2 is 2.05 bits per heavy atom. The molecular weight excluding hydrogens is 540 g/mol. The van der Waals surface area contributed by atoms with Crippen LogP contribution in [0.5, 0.6) is 5.75 Å². The molecule has 1 aliphatic heterocycles. The number of hydrogen-bond acceptors (Lipinski definition) is 5. The van der Waals surface area contributed by atoms with Gasteiger partial charge in [0.05, 0.1) is 12.1 Å². The van der Waals surface area contributed by atoms with Crippen molar-refractivity contribution in [2.45, 2.75) is 63.7 Å². The molecule has 39 heavy (non-hydrogen) atoms. The number of carbonyl (C=O) groups is 1. The highest BCUT2D eigenvalue weighted by Gasteiger charge is 2.45. The van der Waals surface area contributed by atoms with Gasteiger partial charge in [0.2, 0.25) is 5.67 Å². The summed E-state index contributed by atoms with van der Waals surface area (Å²) in [5.41, 5.74) is 2.73. The number of nitrogens with one attached hydrogen (secondary N) is 1. The Balaban J connectivity index is 1.31. The van der Waals surface area contributed by atoms with Gasteiger partial charge in [0.15, 0.2) is 5.15 Å². The van der Waals surface area contributed by atoms with Crippen LogP contribution >= 0.6 is 23.2 Å². The standard InChI is InChI=1S/C30H34Cl2FN3O3/c1-4-38-29(37)30(33)12-5-13-36(17-30)28(32)22-7-6-20-15-23(10-8-19(20)14-22)39-26(18(2)3)21-9-11-25-24(16-21)27(31)35-34-25/h8-11,14-16,18,26,28H,4-7,12-13,17H2,1-3H3,(H,34,35). The van der Waals surface area contributed by atoms with E-state index in [-0.39, 0.29) is 31.6 Å². The SMILES string of the molecule is CCOC(=O)C1(F)CCCN(C(Cl)C2=Cc3ccc(OC(c4ccc5[nH]nc(Cl)c5c4)C(C)C)cc3CC2)C1. The number of hydrogen-bond donors (Lipinski definition) is 1. The number of aryl methyl sites for hydroxylation is 1. The van der Waals surface area contributed by atoms with E-state index in [4.69, 9.17) is 32.7 Å². The van der Waals surface area contributed by atoms with Crippen molar-refractivity contribution in [1.29, 1.82) is 0 Å². The van der Waals surface area contributed by atoms with E-state index in [0.29, 0.717) is 18.1 Å². The predicted octanol–water partition coefficient (Wildman–Crippen LogP) is 7.25. The van der Waals surface area contributed by atoms with Gasteiger partial charge in [-0.25, -0.2) is 9.18 Å². The fourth-order valence-corrected chi connectivity index (χ4v) is 6.10. The fourth-order valence-electron chi connectivity index (χ4n) is 5.56. The van der Waals surface area contributed by atoms with E-state index in [2.05, 4.69) is 42.3 Å². The smallest absolute Gasteiger partial charge is 0.345 e. The number of rotatable bonds is 8. The summed E-state index contributed by atoms with van der Waals surface area (Å²) in [6, 6.07) is 12.2. The summed E-state index contributed by atoms with van der Waals surface area (Å²) in [5, 5.41) is 8.35.